The SMILES string of the molecule is C1CCC2(CC1)CCNNN2.Cl.Cl. The highest BCUT2D eigenvalue weighted by atomic mass is 35.5. The van der Waals surface area contributed by atoms with Crippen molar-refractivity contribution in [3.8, 4) is 0 Å². The summed E-state index contributed by atoms with van der Waals surface area (Å²) in [6, 6.07) is 0. The Labute approximate surface area is 92.2 Å². The van der Waals surface area contributed by atoms with Crippen LogP contribution in [0.3, 0.4) is 0 Å². The summed E-state index contributed by atoms with van der Waals surface area (Å²) in [5, 5.41) is 0. The Balaban J connectivity index is 0.000000720. The first kappa shape index (κ1) is 13.5. The minimum atomic E-state index is 0. The summed E-state index contributed by atoms with van der Waals surface area (Å²) >= 11 is 0. The largest absolute Gasteiger partial charge is 0.244 e. The fourth-order valence-electron chi connectivity index (χ4n) is 2.21. The summed E-state index contributed by atoms with van der Waals surface area (Å²) < 4.78 is 0. The van der Waals surface area contributed by atoms with Crippen molar-refractivity contribution in [2.45, 2.75) is 44.1 Å². The molecule has 13 heavy (non-hydrogen) atoms. The monoisotopic (exact) mass is 227 g/mol. The van der Waals surface area contributed by atoms with Gasteiger partial charge in [0.25, 0.3) is 0 Å². The molecule has 1 heterocycles. The van der Waals surface area contributed by atoms with E-state index in [1.165, 1.54) is 38.5 Å². The van der Waals surface area contributed by atoms with Crippen molar-refractivity contribution in [1.29, 1.82) is 0 Å². The second-order valence-corrected chi connectivity index (χ2v) is 3.77. The highest BCUT2D eigenvalue weighted by Gasteiger charge is 2.32. The maximum absolute atomic E-state index is 3.37. The topological polar surface area (TPSA) is 36.1 Å². The van der Waals surface area contributed by atoms with Crippen LogP contribution in [0.15, 0.2) is 0 Å². The number of nitrogens with one attached hydrogen (secondary N) is 3. The summed E-state index contributed by atoms with van der Waals surface area (Å²) in [5.41, 5.74) is 9.95. The van der Waals surface area contributed by atoms with Crippen LogP contribution in [0.4, 0.5) is 0 Å². The lowest BCUT2D eigenvalue weighted by Gasteiger charge is -2.41. The van der Waals surface area contributed by atoms with Gasteiger partial charge in [0, 0.05) is 12.1 Å². The van der Waals surface area contributed by atoms with Crippen molar-refractivity contribution in [3.05, 3.63) is 0 Å². The van der Waals surface area contributed by atoms with Gasteiger partial charge in [-0.2, -0.15) is 5.53 Å². The average Bonchev–Trinajstić information content (AvgIpc) is 2.07. The molecule has 0 atom stereocenters. The molecule has 0 bridgehead atoms. The third kappa shape index (κ3) is 3.26. The third-order valence-electron chi connectivity index (χ3n) is 2.96. The van der Waals surface area contributed by atoms with Crippen LogP contribution in [0.25, 0.3) is 0 Å². The molecule has 3 nitrogen and oxygen atoms in total. The maximum Gasteiger partial charge on any atom is 0.0349 e. The van der Waals surface area contributed by atoms with Gasteiger partial charge in [-0.3, -0.25) is 0 Å². The van der Waals surface area contributed by atoms with Crippen LogP contribution in [0.1, 0.15) is 38.5 Å². The van der Waals surface area contributed by atoms with E-state index in [9.17, 15) is 0 Å². The molecule has 0 amide bonds. The molecule has 80 valence electrons. The smallest absolute Gasteiger partial charge is 0.0349 e. The Hall–Kier alpha value is 0.460. The van der Waals surface area contributed by atoms with Gasteiger partial charge in [-0.15, -0.1) is 24.8 Å². The quantitative estimate of drug-likeness (QED) is 0.588. The van der Waals surface area contributed by atoms with Gasteiger partial charge >= 0.3 is 0 Å². The maximum atomic E-state index is 3.37. The van der Waals surface area contributed by atoms with Crippen molar-refractivity contribution in [2.24, 2.45) is 0 Å². The summed E-state index contributed by atoms with van der Waals surface area (Å²) in [6.07, 6.45) is 8.20. The Kier molecular flexibility index (Phi) is 6.25. The third-order valence-corrected chi connectivity index (χ3v) is 2.96. The second kappa shape index (κ2) is 6.04. The number of halogens is 2. The molecule has 1 saturated heterocycles. The zero-order valence-electron chi connectivity index (χ0n) is 7.77. The predicted octanol–water partition coefficient (Wildman–Crippen LogP) is 1.54. The first-order valence-corrected chi connectivity index (χ1v) is 4.66. The van der Waals surface area contributed by atoms with Crippen LogP contribution in [-0.2, 0) is 0 Å². The predicted molar refractivity (Wildman–Crippen MR) is 59.2 cm³/mol. The van der Waals surface area contributed by atoms with Gasteiger partial charge in [-0.25, -0.2) is 10.9 Å². The Morgan fingerprint density at radius 1 is 0.846 bits per heavy atom. The lowest BCUT2D eigenvalue weighted by Crippen LogP contribution is -2.63. The lowest BCUT2D eigenvalue weighted by molar-refractivity contribution is 0.137. The van der Waals surface area contributed by atoms with E-state index in [0.717, 1.165) is 6.54 Å². The molecule has 0 radical (unpaired) electrons. The first-order chi connectivity index (χ1) is 5.41. The van der Waals surface area contributed by atoms with E-state index < -0.39 is 0 Å². The fraction of sp³-hybridized carbons (Fsp3) is 1.00. The van der Waals surface area contributed by atoms with Gasteiger partial charge in [-0.1, -0.05) is 19.3 Å². The molecular weight excluding hydrogens is 209 g/mol. The van der Waals surface area contributed by atoms with Crippen molar-refractivity contribution in [2.75, 3.05) is 6.54 Å². The number of hydrogen-bond donors (Lipinski definition) is 3. The second-order valence-electron chi connectivity index (χ2n) is 3.77. The molecule has 5 heteroatoms. The van der Waals surface area contributed by atoms with E-state index in [0.29, 0.717) is 5.54 Å². The lowest BCUT2D eigenvalue weighted by atomic mass is 9.79. The van der Waals surface area contributed by atoms with E-state index in [1.807, 2.05) is 0 Å². The van der Waals surface area contributed by atoms with Gasteiger partial charge < -0.3 is 0 Å². The molecule has 0 aromatic heterocycles. The van der Waals surface area contributed by atoms with E-state index in [1.54, 1.807) is 0 Å². The molecule has 3 N–H and O–H groups in total. The van der Waals surface area contributed by atoms with Crippen LogP contribution >= 0.6 is 24.8 Å². The summed E-state index contributed by atoms with van der Waals surface area (Å²) in [5.74, 6) is 0. The zero-order valence-corrected chi connectivity index (χ0v) is 9.40. The average molecular weight is 228 g/mol. The molecule has 2 aliphatic rings. The van der Waals surface area contributed by atoms with Crippen LogP contribution in [0, 0.1) is 0 Å². The van der Waals surface area contributed by atoms with Crippen molar-refractivity contribution in [1.82, 2.24) is 16.4 Å². The van der Waals surface area contributed by atoms with Gasteiger partial charge in [0.15, 0.2) is 0 Å². The molecule has 2 fully saturated rings. The van der Waals surface area contributed by atoms with E-state index in [4.69, 9.17) is 0 Å². The summed E-state index contributed by atoms with van der Waals surface area (Å²) in [4.78, 5) is 0. The van der Waals surface area contributed by atoms with Crippen LogP contribution in [0.5, 0.6) is 0 Å². The van der Waals surface area contributed by atoms with Gasteiger partial charge in [0.2, 0.25) is 0 Å². The Bertz CT molecular complexity index is 112. The van der Waals surface area contributed by atoms with E-state index in [-0.39, 0.29) is 24.8 Å². The molecule has 1 spiro atoms. The van der Waals surface area contributed by atoms with Crippen molar-refractivity contribution >= 4 is 24.8 Å². The normalized spacial score (nSPS) is 25.8. The fourth-order valence-corrected chi connectivity index (χ4v) is 2.21. The van der Waals surface area contributed by atoms with Gasteiger partial charge in [0.05, 0.1) is 0 Å². The highest BCUT2D eigenvalue weighted by molar-refractivity contribution is 5.85. The van der Waals surface area contributed by atoms with Crippen molar-refractivity contribution < 1.29 is 0 Å². The first-order valence-electron chi connectivity index (χ1n) is 4.66. The Morgan fingerprint density at radius 3 is 2.08 bits per heavy atom. The molecular formula is C8H19Cl2N3. The van der Waals surface area contributed by atoms with E-state index >= 15 is 0 Å². The number of hydrazine groups is 2. The number of hydrogen-bond acceptors (Lipinski definition) is 3. The molecule has 1 saturated carbocycles. The number of rotatable bonds is 0. The molecule has 2 rings (SSSR count). The molecule has 0 aromatic rings. The summed E-state index contributed by atoms with van der Waals surface area (Å²) in [7, 11) is 0. The van der Waals surface area contributed by atoms with Gasteiger partial charge in [0.1, 0.15) is 0 Å². The zero-order chi connectivity index (χ0) is 7.57. The molecule has 0 aromatic carbocycles. The van der Waals surface area contributed by atoms with Gasteiger partial charge in [-0.05, 0) is 19.3 Å². The van der Waals surface area contributed by atoms with Crippen LogP contribution < -0.4 is 16.4 Å². The highest BCUT2D eigenvalue weighted by Crippen LogP contribution is 2.30. The Morgan fingerprint density at radius 2 is 1.54 bits per heavy atom. The minimum absolute atomic E-state index is 0. The molecule has 0 unspecified atom stereocenters. The van der Waals surface area contributed by atoms with E-state index in [2.05, 4.69) is 16.4 Å². The molecule has 1 aliphatic carbocycles. The minimum Gasteiger partial charge on any atom is -0.244 e. The summed E-state index contributed by atoms with van der Waals surface area (Å²) in [6.45, 7) is 1.10. The van der Waals surface area contributed by atoms with Crippen molar-refractivity contribution in [3.63, 3.8) is 0 Å². The molecule has 1 aliphatic heterocycles. The van der Waals surface area contributed by atoms with Crippen LogP contribution in [-0.4, -0.2) is 12.1 Å². The standard InChI is InChI=1S/C8H17N3.2ClH/c1-2-4-8(5-3-1)6-7-9-11-10-8;;/h9-11H,1-7H2;2*1H. The van der Waals surface area contributed by atoms with Crippen LogP contribution in [0.2, 0.25) is 0 Å².